The van der Waals surface area contributed by atoms with Gasteiger partial charge in [0.15, 0.2) is 0 Å². The molecule has 0 aliphatic carbocycles. The Kier molecular flexibility index (Phi) is 3.37. The Balaban J connectivity index is 2.62. The van der Waals surface area contributed by atoms with Gasteiger partial charge in [-0.1, -0.05) is 18.2 Å². The van der Waals surface area contributed by atoms with Gasteiger partial charge in [-0.25, -0.2) is 0 Å². The molecule has 2 aromatic rings. The van der Waals surface area contributed by atoms with Crippen LogP contribution in [-0.4, -0.2) is 16.6 Å². The van der Waals surface area contributed by atoms with Gasteiger partial charge in [0, 0.05) is 22.4 Å². The highest BCUT2D eigenvalue weighted by molar-refractivity contribution is 5.84. The van der Waals surface area contributed by atoms with Gasteiger partial charge >= 0.3 is 5.97 Å². The molecule has 2 rings (SSSR count). The summed E-state index contributed by atoms with van der Waals surface area (Å²) in [6.45, 7) is 5.56. The molecule has 0 aliphatic heterocycles. The normalized spacial score (nSPS) is 13.7. The molecule has 1 aromatic carbocycles. The summed E-state index contributed by atoms with van der Waals surface area (Å²) in [6.07, 6.45) is -0.00608. The molecule has 1 unspecified atom stereocenters. The quantitative estimate of drug-likeness (QED) is 0.886. The topological polar surface area (TPSA) is 76.5 Å². The molecule has 0 spiro atoms. The van der Waals surface area contributed by atoms with Gasteiger partial charge in [-0.3, -0.25) is 4.79 Å². The molecule has 0 bridgehead atoms. The summed E-state index contributed by atoms with van der Waals surface area (Å²) in [6, 6.07) is 7.64. The Morgan fingerprint density at radius 1 is 1.42 bits per heavy atom. The molecule has 0 amide bonds. The van der Waals surface area contributed by atoms with Crippen molar-refractivity contribution < 1.29 is 14.3 Å². The molecule has 0 saturated carbocycles. The number of rotatable bonds is 4. The maximum atomic E-state index is 11.1. The fourth-order valence-electron chi connectivity index (χ4n) is 2.53. The lowest BCUT2D eigenvalue weighted by Gasteiger charge is -2.29. The average Bonchev–Trinajstić information content (AvgIpc) is 2.60. The zero-order valence-corrected chi connectivity index (χ0v) is 11.4. The maximum Gasteiger partial charge on any atom is 0.304 e. The number of aliphatic carboxylic acids is 1. The zero-order valence-electron chi connectivity index (χ0n) is 11.4. The predicted molar refractivity (Wildman–Crippen MR) is 74.2 cm³/mol. The van der Waals surface area contributed by atoms with Crippen molar-refractivity contribution >= 4 is 16.9 Å². The summed E-state index contributed by atoms with van der Waals surface area (Å²) in [4.78, 5) is 11.1. The minimum atomic E-state index is -0.854. The van der Waals surface area contributed by atoms with Crippen LogP contribution in [0.4, 0.5) is 0 Å². The highest BCUT2D eigenvalue weighted by Crippen LogP contribution is 2.38. The number of nitrogens with two attached hydrogens (primary N) is 1. The Hall–Kier alpha value is -1.81. The smallest absolute Gasteiger partial charge is 0.304 e. The highest BCUT2D eigenvalue weighted by Gasteiger charge is 2.33. The molecule has 4 nitrogen and oxygen atoms in total. The van der Waals surface area contributed by atoms with Crippen LogP contribution in [-0.2, 0) is 4.79 Å². The Labute approximate surface area is 112 Å². The Morgan fingerprint density at radius 2 is 2.05 bits per heavy atom. The van der Waals surface area contributed by atoms with Gasteiger partial charge in [0.2, 0.25) is 0 Å². The van der Waals surface area contributed by atoms with E-state index in [1.165, 1.54) is 0 Å². The van der Waals surface area contributed by atoms with Crippen LogP contribution in [0.1, 0.15) is 37.5 Å². The second-order valence-electron chi connectivity index (χ2n) is 5.54. The summed E-state index contributed by atoms with van der Waals surface area (Å²) in [5, 5.41) is 10.1. The van der Waals surface area contributed by atoms with E-state index in [9.17, 15) is 4.79 Å². The molecule has 1 heterocycles. The van der Waals surface area contributed by atoms with Crippen molar-refractivity contribution in [3.63, 3.8) is 0 Å². The number of hydrogen-bond acceptors (Lipinski definition) is 3. The number of hydrogen-bond donors (Lipinski definition) is 2. The molecule has 0 aliphatic rings. The average molecular weight is 261 g/mol. The Bertz CT molecular complexity index is 607. The molecule has 102 valence electrons. The van der Waals surface area contributed by atoms with Crippen LogP contribution in [0.15, 0.2) is 28.7 Å². The molecule has 0 saturated heterocycles. The first-order valence-electron chi connectivity index (χ1n) is 6.29. The van der Waals surface area contributed by atoms with Crippen LogP contribution < -0.4 is 5.73 Å². The SMILES string of the molecule is Cc1oc2ccccc2c1C(CC(=O)O)C(C)(C)N. The summed E-state index contributed by atoms with van der Waals surface area (Å²) >= 11 is 0. The van der Waals surface area contributed by atoms with Gasteiger partial charge in [0.05, 0.1) is 6.42 Å². The van der Waals surface area contributed by atoms with Crippen molar-refractivity contribution in [1.29, 1.82) is 0 Å². The third-order valence-corrected chi connectivity index (χ3v) is 3.44. The minimum absolute atomic E-state index is 0.00608. The van der Waals surface area contributed by atoms with Gasteiger partial charge < -0.3 is 15.3 Å². The molecule has 3 N–H and O–H groups in total. The van der Waals surface area contributed by atoms with Crippen LogP contribution in [0.5, 0.6) is 0 Å². The molecule has 19 heavy (non-hydrogen) atoms. The minimum Gasteiger partial charge on any atom is -0.481 e. The van der Waals surface area contributed by atoms with E-state index >= 15 is 0 Å². The van der Waals surface area contributed by atoms with Crippen molar-refractivity contribution in [2.45, 2.75) is 38.6 Å². The molecule has 0 radical (unpaired) electrons. The lowest BCUT2D eigenvalue weighted by atomic mass is 9.79. The second-order valence-corrected chi connectivity index (χ2v) is 5.54. The van der Waals surface area contributed by atoms with Crippen LogP contribution in [0.25, 0.3) is 11.0 Å². The zero-order chi connectivity index (χ0) is 14.2. The van der Waals surface area contributed by atoms with Crippen LogP contribution in [0.3, 0.4) is 0 Å². The number of carboxylic acid groups (broad SMARTS) is 1. The van der Waals surface area contributed by atoms with E-state index in [1.54, 1.807) is 0 Å². The van der Waals surface area contributed by atoms with Crippen molar-refractivity contribution in [3.05, 3.63) is 35.6 Å². The van der Waals surface area contributed by atoms with Crippen molar-refractivity contribution in [3.8, 4) is 0 Å². The molecule has 1 atom stereocenters. The molecule has 0 fully saturated rings. The number of para-hydroxylation sites is 1. The Morgan fingerprint density at radius 3 is 2.63 bits per heavy atom. The van der Waals surface area contributed by atoms with E-state index < -0.39 is 11.5 Å². The largest absolute Gasteiger partial charge is 0.481 e. The lowest BCUT2D eigenvalue weighted by Crippen LogP contribution is -2.40. The van der Waals surface area contributed by atoms with E-state index in [2.05, 4.69) is 0 Å². The van der Waals surface area contributed by atoms with E-state index in [4.69, 9.17) is 15.3 Å². The molecule has 4 heteroatoms. The van der Waals surface area contributed by atoms with E-state index in [0.29, 0.717) is 0 Å². The number of aryl methyl sites for hydroxylation is 1. The summed E-state index contributed by atoms with van der Waals surface area (Å²) in [5.74, 6) is -0.396. The summed E-state index contributed by atoms with van der Waals surface area (Å²) in [5.41, 5.74) is 7.23. The van der Waals surface area contributed by atoms with Crippen molar-refractivity contribution in [2.75, 3.05) is 0 Å². The first kappa shape index (κ1) is 13.6. The first-order chi connectivity index (χ1) is 8.80. The third kappa shape index (κ3) is 2.63. The predicted octanol–water partition coefficient (Wildman–Crippen LogP) is 3.04. The van der Waals surface area contributed by atoms with E-state index in [1.807, 2.05) is 45.0 Å². The van der Waals surface area contributed by atoms with Crippen LogP contribution in [0, 0.1) is 6.92 Å². The monoisotopic (exact) mass is 261 g/mol. The molecule has 1 aromatic heterocycles. The van der Waals surface area contributed by atoms with E-state index in [0.717, 1.165) is 22.3 Å². The van der Waals surface area contributed by atoms with Crippen LogP contribution >= 0.6 is 0 Å². The standard InChI is InChI=1S/C15H19NO3/c1-9-14(10-6-4-5-7-12(10)19-9)11(8-13(17)18)15(2,3)16/h4-7,11H,8,16H2,1-3H3,(H,17,18). The number of carboxylic acids is 1. The van der Waals surface area contributed by atoms with Gasteiger partial charge in [-0.15, -0.1) is 0 Å². The number of fused-ring (bicyclic) bond motifs is 1. The van der Waals surface area contributed by atoms with Crippen LogP contribution in [0.2, 0.25) is 0 Å². The molecular formula is C15H19NO3. The lowest BCUT2D eigenvalue weighted by molar-refractivity contribution is -0.137. The van der Waals surface area contributed by atoms with E-state index in [-0.39, 0.29) is 12.3 Å². The second kappa shape index (κ2) is 4.70. The summed E-state index contributed by atoms with van der Waals surface area (Å²) < 4.78 is 5.71. The van der Waals surface area contributed by atoms with Crippen molar-refractivity contribution in [1.82, 2.24) is 0 Å². The summed E-state index contributed by atoms with van der Waals surface area (Å²) in [7, 11) is 0. The first-order valence-corrected chi connectivity index (χ1v) is 6.29. The number of benzene rings is 1. The molecular weight excluding hydrogens is 242 g/mol. The fraction of sp³-hybridized carbons (Fsp3) is 0.400. The van der Waals surface area contributed by atoms with Gasteiger partial charge in [-0.2, -0.15) is 0 Å². The number of furan rings is 1. The van der Waals surface area contributed by atoms with Crippen molar-refractivity contribution in [2.24, 2.45) is 5.73 Å². The van der Waals surface area contributed by atoms with Gasteiger partial charge in [-0.05, 0) is 26.8 Å². The van der Waals surface area contributed by atoms with Gasteiger partial charge in [0.25, 0.3) is 0 Å². The number of carbonyl (C=O) groups is 1. The highest BCUT2D eigenvalue weighted by atomic mass is 16.4. The third-order valence-electron chi connectivity index (χ3n) is 3.44. The van der Waals surface area contributed by atoms with Gasteiger partial charge in [0.1, 0.15) is 11.3 Å². The fourth-order valence-corrected chi connectivity index (χ4v) is 2.53. The maximum absolute atomic E-state index is 11.1.